The fourth-order valence-electron chi connectivity index (χ4n) is 2.26. The normalized spacial score (nSPS) is 10.2. The maximum Gasteiger partial charge on any atom is 0.251 e. The van der Waals surface area contributed by atoms with Gasteiger partial charge in [-0.15, -0.1) is 11.8 Å². The summed E-state index contributed by atoms with van der Waals surface area (Å²) in [5.41, 5.74) is 3.62. The summed E-state index contributed by atoms with van der Waals surface area (Å²) in [5.74, 6) is 0.969. The number of hydrogen-bond donors (Lipinski definition) is 2. The van der Waals surface area contributed by atoms with E-state index in [-0.39, 0.29) is 11.8 Å². The van der Waals surface area contributed by atoms with E-state index in [1.807, 2.05) is 13.0 Å². The largest absolute Gasteiger partial charge is 0.352 e. The summed E-state index contributed by atoms with van der Waals surface area (Å²) in [6.07, 6.45) is 0. The molecule has 0 heterocycles. The molecule has 126 valence electrons. The molecule has 2 aromatic rings. The van der Waals surface area contributed by atoms with E-state index in [4.69, 9.17) is 0 Å². The van der Waals surface area contributed by atoms with E-state index in [0.717, 1.165) is 5.75 Å². The van der Waals surface area contributed by atoms with Crippen LogP contribution < -0.4 is 10.6 Å². The summed E-state index contributed by atoms with van der Waals surface area (Å²) in [5, 5.41) is 5.58. The minimum absolute atomic E-state index is 0.0688. The fraction of sp³-hybridized carbons (Fsp3) is 0.263. The smallest absolute Gasteiger partial charge is 0.251 e. The predicted molar refractivity (Wildman–Crippen MR) is 100 cm³/mol. The van der Waals surface area contributed by atoms with Crippen molar-refractivity contribution in [3.63, 3.8) is 0 Å². The molecule has 0 aliphatic heterocycles. The van der Waals surface area contributed by atoms with Gasteiger partial charge >= 0.3 is 0 Å². The van der Waals surface area contributed by atoms with Gasteiger partial charge < -0.3 is 10.6 Å². The highest BCUT2D eigenvalue weighted by atomic mass is 32.2. The van der Waals surface area contributed by atoms with Crippen LogP contribution in [0.15, 0.2) is 48.5 Å². The monoisotopic (exact) mass is 342 g/mol. The molecule has 4 nitrogen and oxygen atoms in total. The highest BCUT2D eigenvalue weighted by Gasteiger charge is 2.07. The van der Waals surface area contributed by atoms with Gasteiger partial charge in [-0.3, -0.25) is 9.59 Å². The van der Waals surface area contributed by atoms with Gasteiger partial charge in [0.15, 0.2) is 0 Å². The predicted octanol–water partition coefficient (Wildman–Crippen LogP) is 3.62. The second-order valence-corrected chi connectivity index (χ2v) is 6.46. The number of amides is 2. The minimum Gasteiger partial charge on any atom is -0.352 e. The van der Waals surface area contributed by atoms with E-state index < -0.39 is 0 Å². The molecule has 0 aliphatic rings. The van der Waals surface area contributed by atoms with Gasteiger partial charge in [0, 0.05) is 23.5 Å². The molecule has 0 unspecified atom stereocenters. The van der Waals surface area contributed by atoms with Crippen molar-refractivity contribution in [2.75, 3.05) is 17.6 Å². The number of nitrogens with one attached hydrogen (secondary N) is 2. The summed E-state index contributed by atoms with van der Waals surface area (Å²) in [6, 6.07) is 15.2. The topological polar surface area (TPSA) is 58.2 Å². The lowest BCUT2D eigenvalue weighted by molar-refractivity contribution is -0.113. The second-order valence-electron chi connectivity index (χ2n) is 5.47. The first-order valence-electron chi connectivity index (χ1n) is 7.90. The van der Waals surface area contributed by atoms with Crippen LogP contribution in [0.1, 0.15) is 28.4 Å². The first-order valence-corrected chi connectivity index (χ1v) is 9.05. The molecule has 0 saturated heterocycles. The molecule has 5 heteroatoms. The number of anilines is 1. The van der Waals surface area contributed by atoms with Crippen molar-refractivity contribution >= 4 is 29.3 Å². The van der Waals surface area contributed by atoms with Crippen molar-refractivity contribution in [2.24, 2.45) is 0 Å². The van der Waals surface area contributed by atoms with Crippen LogP contribution in [0, 0.1) is 6.92 Å². The molecule has 2 rings (SSSR count). The zero-order chi connectivity index (χ0) is 17.4. The number of thioether (sulfide) groups is 1. The Hall–Kier alpha value is -2.27. The van der Waals surface area contributed by atoms with Crippen molar-refractivity contribution in [3.8, 4) is 0 Å². The van der Waals surface area contributed by atoms with Crippen molar-refractivity contribution < 1.29 is 9.59 Å². The molecule has 0 saturated carbocycles. The Balaban J connectivity index is 1.84. The summed E-state index contributed by atoms with van der Waals surface area (Å²) < 4.78 is 0. The third-order valence-corrected chi connectivity index (χ3v) is 4.33. The number of carbonyl (C=O) groups excluding carboxylic acids is 2. The van der Waals surface area contributed by atoms with Gasteiger partial charge in [0.05, 0.1) is 5.75 Å². The molecular formula is C19H22N2O2S. The van der Waals surface area contributed by atoms with Gasteiger partial charge in [0.1, 0.15) is 0 Å². The van der Waals surface area contributed by atoms with Crippen LogP contribution in [-0.4, -0.2) is 24.1 Å². The van der Waals surface area contributed by atoms with Gasteiger partial charge in [-0.1, -0.05) is 35.9 Å². The van der Waals surface area contributed by atoms with E-state index in [1.165, 1.54) is 11.1 Å². The van der Waals surface area contributed by atoms with Gasteiger partial charge in [0.25, 0.3) is 5.91 Å². The molecule has 0 aliphatic carbocycles. The van der Waals surface area contributed by atoms with Crippen molar-refractivity contribution in [3.05, 3.63) is 65.2 Å². The van der Waals surface area contributed by atoms with Crippen LogP contribution in [0.4, 0.5) is 5.69 Å². The molecule has 0 fully saturated rings. The molecule has 0 aromatic heterocycles. The number of aryl methyl sites for hydroxylation is 1. The molecule has 0 spiro atoms. The van der Waals surface area contributed by atoms with Gasteiger partial charge in [-0.05, 0) is 37.6 Å². The number of carbonyl (C=O) groups is 2. The first-order chi connectivity index (χ1) is 11.6. The lowest BCUT2D eigenvalue weighted by atomic mass is 10.2. The summed E-state index contributed by atoms with van der Waals surface area (Å²) in [6.45, 7) is 4.50. The zero-order valence-corrected chi connectivity index (χ0v) is 14.8. The van der Waals surface area contributed by atoms with Crippen LogP contribution in [0.2, 0.25) is 0 Å². The third kappa shape index (κ3) is 5.74. The third-order valence-electron chi connectivity index (χ3n) is 3.33. The minimum atomic E-state index is -0.137. The molecule has 24 heavy (non-hydrogen) atoms. The molecule has 0 bridgehead atoms. The average molecular weight is 342 g/mol. The number of rotatable bonds is 7. The maximum atomic E-state index is 12.0. The highest BCUT2D eigenvalue weighted by Crippen LogP contribution is 2.15. The highest BCUT2D eigenvalue weighted by molar-refractivity contribution is 7.99. The Labute approximate surface area is 147 Å². The Morgan fingerprint density at radius 1 is 1.08 bits per heavy atom. The van der Waals surface area contributed by atoms with E-state index in [9.17, 15) is 9.59 Å². The molecule has 0 radical (unpaired) electrons. The van der Waals surface area contributed by atoms with Gasteiger partial charge in [-0.2, -0.15) is 0 Å². The summed E-state index contributed by atoms with van der Waals surface area (Å²) in [4.78, 5) is 23.9. The quantitative estimate of drug-likeness (QED) is 0.808. The Bertz CT molecular complexity index is 716. The molecule has 0 atom stereocenters. The van der Waals surface area contributed by atoms with E-state index in [2.05, 4.69) is 35.8 Å². The molecular weight excluding hydrogens is 320 g/mol. The van der Waals surface area contributed by atoms with Gasteiger partial charge in [-0.25, -0.2) is 0 Å². The first kappa shape index (κ1) is 18.1. The maximum absolute atomic E-state index is 12.0. The van der Waals surface area contributed by atoms with E-state index >= 15 is 0 Å². The Morgan fingerprint density at radius 2 is 1.88 bits per heavy atom. The van der Waals surface area contributed by atoms with E-state index in [0.29, 0.717) is 23.5 Å². The van der Waals surface area contributed by atoms with Crippen LogP contribution in [-0.2, 0) is 10.5 Å². The summed E-state index contributed by atoms with van der Waals surface area (Å²) in [7, 11) is 0. The van der Waals surface area contributed by atoms with Crippen molar-refractivity contribution in [1.29, 1.82) is 0 Å². The van der Waals surface area contributed by atoms with Crippen LogP contribution in [0.25, 0.3) is 0 Å². The number of benzene rings is 2. The molecule has 2 N–H and O–H groups in total. The lowest BCUT2D eigenvalue weighted by Crippen LogP contribution is -2.23. The van der Waals surface area contributed by atoms with Crippen LogP contribution >= 0.6 is 11.8 Å². The molecule has 2 aromatic carbocycles. The zero-order valence-electron chi connectivity index (χ0n) is 14.0. The average Bonchev–Trinajstić information content (AvgIpc) is 2.55. The fourth-order valence-corrected chi connectivity index (χ4v) is 3.04. The molecule has 2 amide bonds. The Morgan fingerprint density at radius 3 is 2.62 bits per heavy atom. The van der Waals surface area contributed by atoms with Crippen LogP contribution in [0.3, 0.4) is 0 Å². The van der Waals surface area contributed by atoms with Crippen LogP contribution in [0.5, 0.6) is 0 Å². The number of hydrogen-bond acceptors (Lipinski definition) is 3. The SMILES string of the molecule is CCNC(=O)c1cccc(NC(=O)CSCc2cccc(C)c2)c1. The standard InChI is InChI=1S/C19H22N2O2S/c1-3-20-19(23)16-8-5-9-17(11-16)21-18(22)13-24-12-15-7-4-6-14(2)10-15/h4-11H,3,12-13H2,1-2H3,(H,20,23)(H,21,22). The summed E-state index contributed by atoms with van der Waals surface area (Å²) >= 11 is 1.57. The Kier molecular flexibility index (Phi) is 6.88. The van der Waals surface area contributed by atoms with Gasteiger partial charge in [0.2, 0.25) is 5.91 Å². The van der Waals surface area contributed by atoms with Crippen molar-refractivity contribution in [2.45, 2.75) is 19.6 Å². The van der Waals surface area contributed by atoms with E-state index in [1.54, 1.807) is 36.0 Å². The lowest BCUT2D eigenvalue weighted by Gasteiger charge is -2.08. The van der Waals surface area contributed by atoms with Crippen molar-refractivity contribution in [1.82, 2.24) is 5.32 Å². The second kappa shape index (κ2) is 9.13.